The Morgan fingerprint density at radius 2 is 2.00 bits per heavy atom. The molecule has 4 rings (SSSR count). The molecule has 2 aromatic carbocycles. The van der Waals surface area contributed by atoms with Crippen LogP contribution in [0.2, 0.25) is 5.02 Å². The molecule has 0 fully saturated rings. The summed E-state index contributed by atoms with van der Waals surface area (Å²) in [5, 5.41) is 5.42. The van der Waals surface area contributed by atoms with Crippen molar-refractivity contribution in [1.82, 2.24) is 9.88 Å². The molecule has 0 atom stereocenters. The Bertz CT molecular complexity index is 1160. The van der Waals surface area contributed by atoms with Crippen LogP contribution in [0.5, 0.6) is 0 Å². The predicted octanol–water partition coefficient (Wildman–Crippen LogP) is 6.97. The molecule has 35 heavy (non-hydrogen) atoms. The zero-order chi connectivity index (χ0) is 24.5. The zero-order valence-corrected chi connectivity index (χ0v) is 21.6. The van der Waals surface area contributed by atoms with Crippen LogP contribution < -0.4 is 10.2 Å². The van der Waals surface area contributed by atoms with E-state index >= 15 is 0 Å². The van der Waals surface area contributed by atoms with Crippen LogP contribution in [-0.4, -0.2) is 49.7 Å². The summed E-state index contributed by atoms with van der Waals surface area (Å²) in [6.45, 7) is 8.96. The molecule has 1 N–H and O–H groups in total. The number of likely N-dealkylation sites (N-methyl/N-ethyl adjacent to an activating group) is 1. The van der Waals surface area contributed by atoms with Crippen molar-refractivity contribution in [2.75, 3.05) is 50.0 Å². The number of pyridine rings is 1. The SMILES string of the molecule is C=CCC/C=C1/CCc2ccccc2N(CCN(C)CCCNc2ccnc3cc(Cl)ccc23)C1. The summed E-state index contributed by atoms with van der Waals surface area (Å²) in [7, 11) is 2.23. The monoisotopic (exact) mass is 488 g/mol. The third-order valence-electron chi connectivity index (χ3n) is 6.73. The fourth-order valence-electron chi connectivity index (χ4n) is 4.76. The maximum atomic E-state index is 6.12. The first kappa shape index (κ1) is 25.3. The van der Waals surface area contributed by atoms with Gasteiger partial charge in [0.1, 0.15) is 0 Å². The second kappa shape index (κ2) is 12.8. The summed E-state index contributed by atoms with van der Waals surface area (Å²) < 4.78 is 0. The summed E-state index contributed by atoms with van der Waals surface area (Å²) >= 11 is 6.12. The molecule has 0 radical (unpaired) electrons. The van der Waals surface area contributed by atoms with Crippen LogP contribution in [0.25, 0.3) is 10.9 Å². The summed E-state index contributed by atoms with van der Waals surface area (Å²) in [4.78, 5) is 9.45. The number of benzene rings is 2. The van der Waals surface area contributed by atoms with Gasteiger partial charge in [0.15, 0.2) is 0 Å². The van der Waals surface area contributed by atoms with Gasteiger partial charge in [-0.2, -0.15) is 0 Å². The highest BCUT2D eigenvalue weighted by Crippen LogP contribution is 2.28. The van der Waals surface area contributed by atoms with Gasteiger partial charge in [0, 0.05) is 54.2 Å². The average molecular weight is 489 g/mol. The molecule has 0 aliphatic carbocycles. The van der Waals surface area contributed by atoms with Gasteiger partial charge in [-0.1, -0.05) is 47.5 Å². The molecule has 0 bridgehead atoms. The molecule has 1 aliphatic heterocycles. The van der Waals surface area contributed by atoms with E-state index in [0.717, 1.165) is 86.4 Å². The van der Waals surface area contributed by atoms with E-state index in [1.807, 2.05) is 36.5 Å². The van der Waals surface area contributed by atoms with Crippen molar-refractivity contribution in [3.8, 4) is 0 Å². The number of unbranched alkanes of at least 4 members (excludes halogenated alkanes) is 1. The van der Waals surface area contributed by atoms with E-state index in [9.17, 15) is 0 Å². The van der Waals surface area contributed by atoms with Crippen LogP contribution in [0.3, 0.4) is 0 Å². The number of para-hydroxylation sites is 1. The highest BCUT2D eigenvalue weighted by molar-refractivity contribution is 6.31. The van der Waals surface area contributed by atoms with E-state index < -0.39 is 0 Å². The first-order valence-corrected chi connectivity index (χ1v) is 13.1. The lowest BCUT2D eigenvalue weighted by Crippen LogP contribution is -2.35. The van der Waals surface area contributed by atoms with E-state index in [1.165, 1.54) is 11.3 Å². The molecule has 4 nitrogen and oxygen atoms in total. The third-order valence-corrected chi connectivity index (χ3v) is 6.97. The molecule has 0 saturated carbocycles. The zero-order valence-electron chi connectivity index (χ0n) is 20.8. The Morgan fingerprint density at radius 1 is 1.11 bits per heavy atom. The molecular weight excluding hydrogens is 452 g/mol. The minimum Gasteiger partial charge on any atom is -0.384 e. The van der Waals surface area contributed by atoms with Crippen molar-refractivity contribution >= 4 is 33.9 Å². The van der Waals surface area contributed by atoms with E-state index in [-0.39, 0.29) is 0 Å². The van der Waals surface area contributed by atoms with Crippen LogP contribution >= 0.6 is 11.6 Å². The molecule has 0 spiro atoms. The van der Waals surface area contributed by atoms with Gasteiger partial charge in [-0.05, 0) is 81.6 Å². The number of rotatable bonds is 11. The van der Waals surface area contributed by atoms with Crippen LogP contribution in [0.1, 0.15) is 31.2 Å². The number of halogens is 1. The Kier molecular flexibility index (Phi) is 9.21. The first-order valence-electron chi connectivity index (χ1n) is 12.7. The fourth-order valence-corrected chi connectivity index (χ4v) is 4.92. The van der Waals surface area contributed by atoms with Crippen LogP contribution in [0.4, 0.5) is 11.4 Å². The van der Waals surface area contributed by atoms with Crippen molar-refractivity contribution in [2.45, 2.75) is 32.1 Å². The van der Waals surface area contributed by atoms with Crippen LogP contribution in [-0.2, 0) is 6.42 Å². The lowest BCUT2D eigenvalue weighted by Gasteiger charge is -2.28. The van der Waals surface area contributed by atoms with Gasteiger partial charge in [-0.3, -0.25) is 4.98 Å². The standard InChI is InChI=1S/C30H37ClN4/c1-3-4-5-9-24-12-13-25-10-6-7-11-30(25)35(23-24)21-20-34(2)19-8-17-32-28-16-18-33-29-22-26(31)14-15-27(28)29/h3,6-7,9-11,14-16,18,22H,1,4-5,8,12-13,17,19-21,23H2,2H3,(H,32,33)/b24-9-. The molecule has 1 aromatic heterocycles. The molecule has 1 aliphatic rings. The van der Waals surface area contributed by atoms with Crippen LogP contribution in [0, 0.1) is 0 Å². The average Bonchev–Trinajstić information content (AvgIpc) is 3.05. The van der Waals surface area contributed by atoms with Crippen molar-refractivity contribution < 1.29 is 0 Å². The van der Waals surface area contributed by atoms with Gasteiger partial charge in [0.25, 0.3) is 0 Å². The molecule has 0 unspecified atom stereocenters. The summed E-state index contributed by atoms with van der Waals surface area (Å²) in [6, 6.07) is 16.8. The normalized spacial score (nSPS) is 14.8. The smallest absolute Gasteiger partial charge is 0.0737 e. The fraction of sp³-hybridized carbons (Fsp3) is 0.367. The number of allylic oxidation sites excluding steroid dienone is 2. The van der Waals surface area contributed by atoms with Gasteiger partial charge in [-0.25, -0.2) is 0 Å². The number of nitrogens with zero attached hydrogens (tertiary/aromatic N) is 3. The minimum atomic E-state index is 0.718. The molecular formula is C30H37ClN4. The summed E-state index contributed by atoms with van der Waals surface area (Å²) in [5.41, 5.74) is 6.47. The second-order valence-electron chi connectivity index (χ2n) is 9.38. The van der Waals surface area contributed by atoms with E-state index in [4.69, 9.17) is 11.6 Å². The third kappa shape index (κ3) is 7.09. The van der Waals surface area contributed by atoms with Crippen molar-refractivity contribution in [3.05, 3.63) is 89.6 Å². The highest BCUT2D eigenvalue weighted by Gasteiger charge is 2.17. The number of aryl methyl sites for hydroxylation is 1. The molecule has 5 heteroatoms. The number of nitrogens with one attached hydrogen (secondary N) is 1. The first-order chi connectivity index (χ1) is 17.1. The van der Waals surface area contributed by atoms with E-state index in [0.29, 0.717) is 0 Å². The number of hydrogen-bond donors (Lipinski definition) is 1. The number of fused-ring (bicyclic) bond motifs is 2. The van der Waals surface area contributed by atoms with E-state index in [1.54, 1.807) is 5.57 Å². The quantitative estimate of drug-likeness (QED) is 0.233. The summed E-state index contributed by atoms with van der Waals surface area (Å²) in [5.74, 6) is 0. The van der Waals surface area contributed by atoms with E-state index in [2.05, 4.69) is 64.1 Å². The number of aromatic nitrogens is 1. The Labute approximate surface area is 215 Å². The number of hydrogen-bond acceptors (Lipinski definition) is 4. The summed E-state index contributed by atoms with van der Waals surface area (Å²) in [6.07, 6.45) is 11.8. The van der Waals surface area contributed by atoms with Gasteiger partial charge in [0.2, 0.25) is 0 Å². The Morgan fingerprint density at radius 3 is 2.89 bits per heavy atom. The molecule has 0 amide bonds. The maximum Gasteiger partial charge on any atom is 0.0737 e. The topological polar surface area (TPSA) is 31.4 Å². The van der Waals surface area contributed by atoms with Crippen molar-refractivity contribution in [3.63, 3.8) is 0 Å². The Balaban J connectivity index is 1.28. The maximum absolute atomic E-state index is 6.12. The predicted molar refractivity (Wildman–Crippen MR) is 152 cm³/mol. The minimum absolute atomic E-state index is 0.718. The van der Waals surface area contributed by atoms with Gasteiger partial charge >= 0.3 is 0 Å². The van der Waals surface area contributed by atoms with Gasteiger partial charge < -0.3 is 15.1 Å². The molecule has 2 heterocycles. The van der Waals surface area contributed by atoms with Gasteiger partial charge in [-0.15, -0.1) is 6.58 Å². The lowest BCUT2D eigenvalue weighted by molar-refractivity contribution is 0.339. The molecule has 184 valence electrons. The molecule has 3 aromatic rings. The second-order valence-corrected chi connectivity index (χ2v) is 9.82. The lowest BCUT2D eigenvalue weighted by atomic mass is 10.0. The highest BCUT2D eigenvalue weighted by atomic mass is 35.5. The largest absolute Gasteiger partial charge is 0.384 e. The Hall–Kier alpha value is -2.82. The molecule has 0 saturated heterocycles. The van der Waals surface area contributed by atoms with Crippen molar-refractivity contribution in [2.24, 2.45) is 0 Å². The number of anilines is 2. The van der Waals surface area contributed by atoms with Crippen molar-refractivity contribution in [1.29, 1.82) is 0 Å². The van der Waals surface area contributed by atoms with Gasteiger partial charge in [0.05, 0.1) is 5.52 Å². The van der Waals surface area contributed by atoms with Crippen LogP contribution in [0.15, 0.2) is 79.0 Å².